The Labute approximate surface area is 108 Å². The van der Waals surface area contributed by atoms with Crippen molar-refractivity contribution in [1.82, 2.24) is 0 Å². The van der Waals surface area contributed by atoms with E-state index in [0.29, 0.717) is 0 Å². The summed E-state index contributed by atoms with van der Waals surface area (Å²) in [5.74, 6) is 0. The van der Waals surface area contributed by atoms with Gasteiger partial charge >= 0.3 is 0 Å². The highest BCUT2D eigenvalue weighted by Crippen LogP contribution is 2.17. The van der Waals surface area contributed by atoms with Gasteiger partial charge in [0.05, 0.1) is 12.6 Å². The molecule has 0 aliphatic rings. The van der Waals surface area contributed by atoms with E-state index in [-0.39, 0.29) is 6.42 Å². The third kappa shape index (κ3) is 6.52. The molecule has 19 heavy (non-hydrogen) atoms. The summed E-state index contributed by atoms with van der Waals surface area (Å²) in [5, 5.41) is -1.54. The first-order valence-corrected chi connectivity index (χ1v) is 6.51. The molecule has 0 saturated heterocycles. The Morgan fingerprint density at radius 2 is 1.68 bits per heavy atom. The maximum Gasteiger partial charge on any atom is 0.270 e. The molecular weight excluding hydrogens is 278 g/mol. The maximum absolute atomic E-state index is 11.2. The fourth-order valence-electron chi connectivity index (χ4n) is 1.40. The van der Waals surface area contributed by atoms with Crippen LogP contribution < -0.4 is 0 Å². The van der Waals surface area contributed by atoms with Gasteiger partial charge in [-0.05, 0) is 13.3 Å². The normalized spacial score (nSPS) is 15.1. The van der Waals surface area contributed by atoms with Gasteiger partial charge in [0.15, 0.2) is 0 Å². The van der Waals surface area contributed by atoms with Crippen LogP contribution in [0.3, 0.4) is 0 Å². The molecule has 3 unspecified atom stereocenters. The average Bonchev–Trinajstić information content (AvgIpc) is 2.31. The van der Waals surface area contributed by atoms with Crippen molar-refractivity contribution in [3.8, 4) is 0 Å². The average molecular weight is 289 g/mol. The Balaban J connectivity index is 5.35. The highest BCUT2D eigenvalue weighted by atomic mass is 32.2. The van der Waals surface area contributed by atoms with Crippen molar-refractivity contribution >= 4 is 28.4 Å². The van der Waals surface area contributed by atoms with E-state index in [4.69, 9.17) is 4.55 Å². The van der Waals surface area contributed by atoms with Gasteiger partial charge in [-0.25, -0.2) is 24.4 Å². The minimum Gasteiger partial charge on any atom is -0.285 e. The molecule has 0 radical (unpaired) electrons. The Bertz CT molecular complexity index is 540. The zero-order chi connectivity index (χ0) is 14.9. The van der Waals surface area contributed by atoms with E-state index in [0.717, 1.165) is 12.2 Å². The predicted molar refractivity (Wildman–Crippen MR) is 62.4 cm³/mol. The molecule has 1 N–H and O–H groups in total. The van der Waals surface area contributed by atoms with E-state index in [2.05, 4.69) is 15.0 Å². The van der Waals surface area contributed by atoms with Crippen molar-refractivity contribution in [3.05, 3.63) is 0 Å². The van der Waals surface area contributed by atoms with Crippen LogP contribution in [0.15, 0.2) is 15.0 Å². The molecule has 104 valence electrons. The van der Waals surface area contributed by atoms with Gasteiger partial charge in [0, 0.05) is 0 Å². The number of hydrogen-bond donors (Lipinski definition) is 1. The quantitative estimate of drug-likeness (QED) is 0.359. The molecule has 0 aliphatic heterocycles. The second kappa shape index (κ2) is 8.20. The summed E-state index contributed by atoms with van der Waals surface area (Å²) in [6.45, 7) is 0.953. The first kappa shape index (κ1) is 17.1. The number of hydrogen-bond acceptors (Lipinski definition) is 8. The Morgan fingerprint density at radius 3 is 2.11 bits per heavy atom. The lowest BCUT2D eigenvalue weighted by atomic mass is 10.1. The standard InChI is InChI=1S/C9H11N3O6S/c1-7(11-5-14)2-9(19(16,17)18)8(12-6-15)3-10-4-13/h7-9H,2-3H2,1H3,(H,16,17,18). The minimum atomic E-state index is -4.58. The maximum atomic E-state index is 11.2. The molecule has 0 amide bonds. The van der Waals surface area contributed by atoms with E-state index in [9.17, 15) is 22.8 Å². The SMILES string of the molecule is CC(CC(C(CN=C=O)N=C=O)S(=O)(=O)O)N=C=O. The molecular formula is C9H11N3O6S. The van der Waals surface area contributed by atoms with Crippen LogP contribution in [0, 0.1) is 0 Å². The third-order valence-electron chi connectivity index (χ3n) is 2.22. The highest BCUT2D eigenvalue weighted by Gasteiger charge is 2.33. The van der Waals surface area contributed by atoms with E-state index in [1.807, 2.05) is 0 Å². The molecule has 0 rings (SSSR count). The van der Waals surface area contributed by atoms with Gasteiger partial charge in [0.25, 0.3) is 10.1 Å². The molecule has 0 bridgehead atoms. The van der Waals surface area contributed by atoms with Gasteiger partial charge in [0.2, 0.25) is 18.2 Å². The molecule has 0 aromatic rings. The molecule has 0 heterocycles. The Hall–Kier alpha value is -1.95. The van der Waals surface area contributed by atoms with Crippen LogP contribution in [0.1, 0.15) is 13.3 Å². The lowest BCUT2D eigenvalue weighted by Crippen LogP contribution is -2.37. The summed E-state index contributed by atoms with van der Waals surface area (Å²) < 4.78 is 31.6. The van der Waals surface area contributed by atoms with Crippen LogP contribution in [-0.4, -0.2) is 55.1 Å². The predicted octanol–water partition coefficient (Wildman–Crippen LogP) is -0.603. The smallest absolute Gasteiger partial charge is 0.270 e. The molecule has 0 saturated carbocycles. The summed E-state index contributed by atoms with van der Waals surface area (Å²) in [6, 6.07) is -2.08. The van der Waals surface area contributed by atoms with Crippen LogP contribution in [0.25, 0.3) is 0 Å². The summed E-state index contributed by atoms with van der Waals surface area (Å²) >= 11 is 0. The first-order chi connectivity index (χ1) is 8.86. The lowest BCUT2D eigenvalue weighted by molar-refractivity contribution is 0.433. The summed E-state index contributed by atoms with van der Waals surface area (Å²) in [6.07, 6.45) is 3.25. The molecule has 0 aromatic heterocycles. The Kier molecular flexibility index (Phi) is 7.36. The van der Waals surface area contributed by atoms with Crippen LogP contribution in [0.4, 0.5) is 0 Å². The van der Waals surface area contributed by atoms with E-state index < -0.39 is 34.0 Å². The van der Waals surface area contributed by atoms with E-state index >= 15 is 0 Å². The van der Waals surface area contributed by atoms with Crippen molar-refractivity contribution < 1.29 is 27.4 Å². The van der Waals surface area contributed by atoms with Crippen LogP contribution in [-0.2, 0) is 24.5 Å². The second-order valence-electron chi connectivity index (χ2n) is 3.58. The second-order valence-corrected chi connectivity index (χ2v) is 5.21. The van der Waals surface area contributed by atoms with Crippen LogP contribution >= 0.6 is 0 Å². The molecule has 9 nitrogen and oxygen atoms in total. The highest BCUT2D eigenvalue weighted by molar-refractivity contribution is 7.86. The summed E-state index contributed by atoms with van der Waals surface area (Å²) in [7, 11) is -4.58. The van der Waals surface area contributed by atoms with Gasteiger partial charge in [-0.1, -0.05) is 0 Å². The topological polar surface area (TPSA) is 143 Å². The fraction of sp³-hybridized carbons (Fsp3) is 0.667. The van der Waals surface area contributed by atoms with Crippen molar-refractivity contribution in [1.29, 1.82) is 0 Å². The summed E-state index contributed by atoms with van der Waals surface area (Å²) in [5.41, 5.74) is 0. The number of aliphatic imine (C=N–C) groups is 3. The van der Waals surface area contributed by atoms with Crippen molar-refractivity contribution in [2.24, 2.45) is 15.0 Å². The molecule has 0 spiro atoms. The van der Waals surface area contributed by atoms with Crippen LogP contribution in [0.2, 0.25) is 0 Å². The van der Waals surface area contributed by atoms with Gasteiger partial charge < -0.3 is 0 Å². The lowest BCUT2D eigenvalue weighted by Gasteiger charge is -2.19. The van der Waals surface area contributed by atoms with Gasteiger partial charge in [-0.3, -0.25) is 4.55 Å². The molecule has 0 fully saturated rings. The van der Waals surface area contributed by atoms with Crippen LogP contribution in [0.5, 0.6) is 0 Å². The zero-order valence-electron chi connectivity index (χ0n) is 9.88. The van der Waals surface area contributed by atoms with Gasteiger partial charge in [-0.15, -0.1) is 0 Å². The zero-order valence-corrected chi connectivity index (χ0v) is 10.7. The van der Waals surface area contributed by atoms with Gasteiger partial charge in [0.1, 0.15) is 11.3 Å². The van der Waals surface area contributed by atoms with E-state index in [1.165, 1.54) is 13.0 Å². The number of carbonyl (C=O) groups excluding carboxylic acids is 3. The minimum absolute atomic E-state index is 0.293. The largest absolute Gasteiger partial charge is 0.285 e. The van der Waals surface area contributed by atoms with Crippen molar-refractivity contribution in [2.75, 3.05) is 6.54 Å². The first-order valence-electron chi connectivity index (χ1n) is 5.00. The monoisotopic (exact) mass is 289 g/mol. The fourth-order valence-corrected chi connectivity index (χ4v) is 2.46. The number of isocyanates is 3. The Morgan fingerprint density at radius 1 is 1.11 bits per heavy atom. The molecule has 0 aliphatic carbocycles. The molecule has 10 heteroatoms. The molecule has 0 aromatic carbocycles. The molecule has 3 atom stereocenters. The third-order valence-corrected chi connectivity index (χ3v) is 3.49. The van der Waals surface area contributed by atoms with E-state index in [1.54, 1.807) is 0 Å². The van der Waals surface area contributed by atoms with Crippen molar-refractivity contribution in [2.45, 2.75) is 30.7 Å². The number of nitrogens with zero attached hydrogens (tertiary/aromatic N) is 3. The van der Waals surface area contributed by atoms with Crippen molar-refractivity contribution in [3.63, 3.8) is 0 Å². The summed E-state index contributed by atoms with van der Waals surface area (Å²) in [4.78, 5) is 39.9. The number of rotatable bonds is 8. The van der Waals surface area contributed by atoms with Gasteiger partial charge in [-0.2, -0.15) is 13.4 Å².